The van der Waals surface area contributed by atoms with Crippen LogP contribution >= 0.6 is 27.7 Å². The van der Waals surface area contributed by atoms with E-state index in [1.54, 1.807) is 11.8 Å². The smallest absolute Gasteiger partial charge is 0.172 e. The number of nitrogens with zero attached hydrogens (tertiary/aromatic N) is 3. The predicted octanol–water partition coefficient (Wildman–Crippen LogP) is 4.53. The molecule has 0 radical (unpaired) electrons. The van der Waals surface area contributed by atoms with Crippen molar-refractivity contribution in [3.05, 3.63) is 58.1 Å². The molecular weight excluding hydrogens is 350 g/mol. The van der Waals surface area contributed by atoms with E-state index >= 15 is 0 Å². The summed E-state index contributed by atoms with van der Waals surface area (Å²) in [7, 11) is 0. The van der Waals surface area contributed by atoms with Crippen LogP contribution in [-0.2, 0) is 5.75 Å². The Morgan fingerprint density at radius 2 is 2.00 bits per heavy atom. The standard InChI is InChI=1S/C15H14BrN3OS/c1-10-14(11(2)20-18-10)9-21-15-17-7-8-19(15)13-5-3-12(16)4-6-13/h3-8H,9H2,1-2H3. The zero-order chi connectivity index (χ0) is 14.8. The lowest BCUT2D eigenvalue weighted by molar-refractivity contribution is 0.392. The van der Waals surface area contributed by atoms with Crippen LogP contribution in [0.25, 0.3) is 5.69 Å². The van der Waals surface area contributed by atoms with Crippen molar-refractivity contribution < 1.29 is 4.52 Å². The maximum Gasteiger partial charge on any atom is 0.172 e. The van der Waals surface area contributed by atoms with Crippen LogP contribution in [-0.4, -0.2) is 14.7 Å². The van der Waals surface area contributed by atoms with Crippen molar-refractivity contribution in [2.45, 2.75) is 24.8 Å². The number of thioether (sulfide) groups is 1. The summed E-state index contributed by atoms with van der Waals surface area (Å²) in [6.45, 7) is 3.91. The predicted molar refractivity (Wildman–Crippen MR) is 86.8 cm³/mol. The molecule has 0 saturated carbocycles. The van der Waals surface area contributed by atoms with Crippen molar-refractivity contribution in [2.24, 2.45) is 0 Å². The zero-order valence-electron chi connectivity index (χ0n) is 11.7. The highest BCUT2D eigenvalue weighted by Crippen LogP contribution is 2.27. The third kappa shape index (κ3) is 3.06. The van der Waals surface area contributed by atoms with Gasteiger partial charge < -0.3 is 4.52 Å². The molecule has 0 bridgehead atoms. The summed E-state index contributed by atoms with van der Waals surface area (Å²) in [5.74, 6) is 1.68. The summed E-state index contributed by atoms with van der Waals surface area (Å²) in [6, 6.07) is 8.17. The molecule has 0 aliphatic heterocycles. The Hall–Kier alpha value is -1.53. The Morgan fingerprint density at radius 1 is 1.24 bits per heavy atom. The fraction of sp³-hybridized carbons (Fsp3) is 0.200. The van der Waals surface area contributed by atoms with Gasteiger partial charge in [0.15, 0.2) is 5.16 Å². The molecule has 2 heterocycles. The lowest BCUT2D eigenvalue weighted by Crippen LogP contribution is -1.95. The van der Waals surface area contributed by atoms with E-state index in [0.29, 0.717) is 0 Å². The van der Waals surface area contributed by atoms with Crippen LogP contribution in [0.2, 0.25) is 0 Å². The fourth-order valence-electron chi connectivity index (χ4n) is 2.04. The summed E-state index contributed by atoms with van der Waals surface area (Å²) in [6.07, 6.45) is 3.79. The topological polar surface area (TPSA) is 43.9 Å². The van der Waals surface area contributed by atoms with E-state index in [2.05, 4.69) is 42.8 Å². The summed E-state index contributed by atoms with van der Waals surface area (Å²) >= 11 is 5.13. The first-order valence-corrected chi connectivity index (χ1v) is 8.27. The molecule has 4 nitrogen and oxygen atoms in total. The number of aromatic nitrogens is 3. The van der Waals surface area contributed by atoms with Crippen molar-refractivity contribution in [3.63, 3.8) is 0 Å². The second-order valence-corrected chi connectivity index (χ2v) is 6.51. The van der Waals surface area contributed by atoms with Crippen LogP contribution in [0, 0.1) is 13.8 Å². The molecule has 0 N–H and O–H groups in total. The van der Waals surface area contributed by atoms with Crippen LogP contribution in [0.4, 0.5) is 0 Å². The minimum atomic E-state index is 0.800. The summed E-state index contributed by atoms with van der Waals surface area (Å²) < 4.78 is 8.34. The summed E-state index contributed by atoms with van der Waals surface area (Å²) in [5, 5.41) is 4.94. The number of benzene rings is 1. The normalized spacial score (nSPS) is 11.0. The molecule has 0 fully saturated rings. The quantitative estimate of drug-likeness (QED) is 0.638. The van der Waals surface area contributed by atoms with Gasteiger partial charge in [0, 0.05) is 33.9 Å². The molecule has 0 aliphatic rings. The van der Waals surface area contributed by atoms with Crippen LogP contribution in [0.15, 0.2) is 50.8 Å². The number of hydrogen-bond acceptors (Lipinski definition) is 4. The van der Waals surface area contributed by atoms with E-state index in [-0.39, 0.29) is 0 Å². The number of rotatable bonds is 4. The number of imidazole rings is 1. The van der Waals surface area contributed by atoms with E-state index in [0.717, 1.165) is 38.1 Å². The summed E-state index contributed by atoms with van der Waals surface area (Å²) in [5.41, 5.74) is 3.18. The first-order chi connectivity index (χ1) is 10.1. The first-order valence-electron chi connectivity index (χ1n) is 6.49. The van der Waals surface area contributed by atoms with Gasteiger partial charge in [0.05, 0.1) is 5.69 Å². The van der Waals surface area contributed by atoms with E-state index in [4.69, 9.17) is 4.52 Å². The molecule has 3 rings (SSSR count). The molecule has 1 aromatic carbocycles. The molecule has 6 heteroatoms. The maximum atomic E-state index is 5.20. The van der Waals surface area contributed by atoms with Gasteiger partial charge in [0.1, 0.15) is 5.76 Å². The van der Waals surface area contributed by atoms with Gasteiger partial charge in [-0.25, -0.2) is 4.98 Å². The Bertz CT molecular complexity index is 729. The molecule has 0 spiro atoms. The van der Waals surface area contributed by atoms with Crippen molar-refractivity contribution in [3.8, 4) is 5.69 Å². The van der Waals surface area contributed by atoms with E-state index in [1.165, 1.54) is 0 Å². The SMILES string of the molecule is Cc1noc(C)c1CSc1nccn1-c1ccc(Br)cc1. The molecule has 3 aromatic rings. The molecule has 21 heavy (non-hydrogen) atoms. The Labute approximate surface area is 135 Å². The van der Waals surface area contributed by atoms with Gasteiger partial charge in [-0.15, -0.1) is 0 Å². The Balaban J connectivity index is 1.81. The maximum absolute atomic E-state index is 5.20. The highest BCUT2D eigenvalue weighted by Gasteiger charge is 2.12. The lowest BCUT2D eigenvalue weighted by atomic mass is 10.2. The van der Waals surface area contributed by atoms with Gasteiger partial charge >= 0.3 is 0 Å². The number of halogens is 1. The third-order valence-corrected chi connectivity index (χ3v) is 4.76. The molecule has 0 saturated heterocycles. The van der Waals surface area contributed by atoms with Crippen molar-refractivity contribution in [2.75, 3.05) is 0 Å². The zero-order valence-corrected chi connectivity index (χ0v) is 14.1. The van der Waals surface area contributed by atoms with Crippen LogP contribution in [0.3, 0.4) is 0 Å². The van der Waals surface area contributed by atoms with Crippen molar-refractivity contribution in [1.82, 2.24) is 14.7 Å². The van der Waals surface area contributed by atoms with Crippen LogP contribution < -0.4 is 0 Å². The molecule has 108 valence electrons. The summed E-state index contributed by atoms with van der Waals surface area (Å²) in [4.78, 5) is 4.44. The van der Waals surface area contributed by atoms with E-state index in [1.807, 2.05) is 38.4 Å². The van der Waals surface area contributed by atoms with Gasteiger partial charge in [-0.05, 0) is 38.1 Å². The molecule has 0 aliphatic carbocycles. The highest BCUT2D eigenvalue weighted by molar-refractivity contribution is 9.10. The monoisotopic (exact) mass is 363 g/mol. The largest absolute Gasteiger partial charge is 0.361 e. The average molecular weight is 364 g/mol. The van der Waals surface area contributed by atoms with Crippen LogP contribution in [0.5, 0.6) is 0 Å². The van der Waals surface area contributed by atoms with Gasteiger partial charge in [0.2, 0.25) is 0 Å². The van der Waals surface area contributed by atoms with E-state index < -0.39 is 0 Å². The van der Waals surface area contributed by atoms with Gasteiger partial charge in [-0.3, -0.25) is 4.57 Å². The molecule has 0 amide bonds. The fourth-order valence-corrected chi connectivity index (χ4v) is 3.43. The minimum Gasteiger partial charge on any atom is -0.361 e. The minimum absolute atomic E-state index is 0.800. The average Bonchev–Trinajstić information content (AvgIpc) is 3.06. The second-order valence-electron chi connectivity index (χ2n) is 4.65. The third-order valence-electron chi connectivity index (χ3n) is 3.24. The first kappa shape index (κ1) is 14.4. The van der Waals surface area contributed by atoms with Crippen LogP contribution in [0.1, 0.15) is 17.0 Å². The Morgan fingerprint density at radius 3 is 2.67 bits per heavy atom. The van der Waals surface area contributed by atoms with E-state index in [9.17, 15) is 0 Å². The van der Waals surface area contributed by atoms with Gasteiger partial charge in [-0.1, -0.05) is 32.8 Å². The van der Waals surface area contributed by atoms with Crippen molar-refractivity contribution >= 4 is 27.7 Å². The molecule has 0 unspecified atom stereocenters. The van der Waals surface area contributed by atoms with Gasteiger partial charge in [0.25, 0.3) is 0 Å². The van der Waals surface area contributed by atoms with Crippen molar-refractivity contribution in [1.29, 1.82) is 0 Å². The molecule has 2 aromatic heterocycles. The highest BCUT2D eigenvalue weighted by atomic mass is 79.9. The lowest BCUT2D eigenvalue weighted by Gasteiger charge is -2.07. The number of aryl methyl sites for hydroxylation is 2. The van der Waals surface area contributed by atoms with Gasteiger partial charge in [-0.2, -0.15) is 0 Å². The Kier molecular flexibility index (Phi) is 4.17. The molecule has 0 atom stereocenters. The number of hydrogen-bond donors (Lipinski definition) is 0. The second kappa shape index (κ2) is 6.07. The molecular formula is C15H14BrN3OS.